The number of hydrogen-bond acceptors (Lipinski definition) is 8. The molecule has 1 aromatic heterocycles. The molecule has 38 heavy (non-hydrogen) atoms. The molecule has 1 atom stereocenters. The molecule has 5 rings (SSSR count). The number of sulfone groups is 1. The molecule has 2 aliphatic heterocycles. The highest BCUT2D eigenvalue weighted by molar-refractivity contribution is 7.90. The van der Waals surface area contributed by atoms with Crippen LogP contribution in [-0.4, -0.2) is 75.7 Å². The van der Waals surface area contributed by atoms with E-state index in [9.17, 15) is 17.6 Å². The fourth-order valence-corrected chi connectivity index (χ4v) is 5.17. The first-order valence-corrected chi connectivity index (χ1v) is 14.1. The molecule has 200 valence electrons. The van der Waals surface area contributed by atoms with E-state index in [1.54, 1.807) is 30.3 Å². The van der Waals surface area contributed by atoms with Gasteiger partial charge in [-0.25, -0.2) is 27.6 Å². The van der Waals surface area contributed by atoms with E-state index in [1.807, 2.05) is 11.8 Å². The molecule has 2 fully saturated rings. The normalized spacial score (nSPS) is 18.1. The van der Waals surface area contributed by atoms with Crippen LogP contribution in [0.15, 0.2) is 53.4 Å². The quantitative estimate of drug-likeness (QED) is 0.457. The first-order valence-electron chi connectivity index (χ1n) is 12.2. The molecule has 0 aliphatic carbocycles. The third-order valence-corrected chi connectivity index (χ3v) is 7.52. The molecule has 2 N–H and O–H groups in total. The molecule has 0 radical (unpaired) electrons. The average molecular weight is 542 g/mol. The van der Waals surface area contributed by atoms with Gasteiger partial charge in [-0.15, -0.1) is 0 Å². The lowest BCUT2D eigenvalue weighted by atomic mass is 10.1. The van der Waals surface area contributed by atoms with E-state index in [-0.39, 0.29) is 34.3 Å². The number of carbonyl (C=O) groups excluding carboxylic acids is 1. The number of morpholine rings is 1. The van der Waals surface area contributed by atoms with Crippen LogP contribution in [-0.2, 0) is 19.3 Å². The van der Waals surface area contributed by atoms with Crippen molar-refractivity contribution in [2.45, 2.75) is 23.9 Å². The van der Waals surface area contributed by atoms with E-state index in [0.29, 0.717) is 55.9 Å². The molecular weight excluding hydrogens is 513 g/mol. The minimum absolute atomic E-state index is 0.00867. The lowest BCUT2D eigenvalue weighted by Crippen LogP contribution is -2.49. The van der Waals surface area contributed by atoms with Crippen LogP contribution in [0.5, 0.6) is 0 Å². The molecule has 2 aliphatic rings. The largest absolute Gasteiger partial charge is 0.377 e. The molecule has 0 saturated carbocycles. The summed E-state index contributed by atoms with van der Waals surface area (Å²) in [7, 11) is -3.66. The van der Waals surface area contributed by atoms with E-state index in [1.165, 1.54) is 12.1 Å². The van der Waals surface area contributed by atoms with Crippen molar-refractivity contribution in [1.29, 1.82) is 0 Å². The Morgan fingerprint density at radius 1 is 1.03 bits per heavy atom. The molecule has 1 unspecified atom stereocenters. The van der Waals surface area contributed by atoms with E-state index in [4.69, 9.17) is 14.5 Å². The number of benzene rings is 2. The van der Waals surface area contributed by atoms with Crippen molar-refractivity contribution in [3.8, 4) is 22.5 Å². The third-order valence-electron chi connectivity index (χ3n) is 6.37. The second-order valence-corrected chi connectivity index (χ2v) is 11.4. The van der Waals surface area contributed by atoms with Crippen molar-refractivity contribution in [3.05, 3.63) is 54.3 Å². The fourth-order valence-electron chi connectivity index (χ4n) is 4.29. The van der Waals surface area contributed by atoms with Gasteiger partial charge in [0.25, 0.3) is 0 Å². The summed E-state index contributed by atoms with van der Waals surface area (Å²) in [6.07, 6.45) is 1.08. The Labute approximate surface area is 220 Å². The van der Waals surface area contributed by atoms with Crippen molar-refractivity contribution in [2.75, 3.05) is 49.4 Å². The van der Waals surface area contributed by atoms with E-state index >= 15 is 0 Å². The molecule has 3 heterocycles. The van der Waals surface area contributed by atoms with Gasteiger partial charge < -0.3 is 25.0 Å². The number of aromatic nitrogens is 2. The molecule has 2 aromatic carbocycles. The first-order chi connectivity index (χ1) is 18.2. The monoisotopic (exact) mass is 541 g/mol. The summed E-state index contributed by atoms with van der Waals surface area (Å²) < 4.78 is 49.9. The van der Waals surface area contributed by atoms with Crippen LogP contribution in [0.1, 0.15) is 6.92 Å². The van der Waals surface area contributed by atoms with Crippen molar-refractivity contribution in [3.63, 3.8) is 0 Å². The molecule has 10 nitrogen and oxygen atoms in total. The molecular formula is C26H28FN5O5S. The number of halogens is 1. The Hall–Kier alpha value is -3.61. The van der Waals surface area contributed by atoms with Crippen LogP contribution in [0.3, 0.4) is 0 Å². The zero-order chi connectivity index (χ0) is 26.9. The van der Waals surface area contributed by atoms with Crippen LogP contribution in [0.25, 0.3) is 22.5 Å². The maximum atomic E-state index is 14.3. The zero-order valence-corrected chi connectivity index (χ0v) is 21.8. The highest BCUT2D eigenvalue weighted by Crippen LogP contribution is 2.32. The maximum Gasteiger partial charge on any atom is 0.319 e. The second-order valence-electron chi connectivity index (χ2n) is 9.38. The van der Waals surface area contributed by atoms with E-state index in [0.717, 1.165) is 12.3 Å². The third kappa shape index (κ3) is 5.77. The van der Waals surface area contributed by atoms with Gasteiger partial charge in [0.05, 0.1) is 54.8 Å². The van der Waals surface area contributed by atoms with Gasteiger partial charge in [0.1, 0.15) is 5.82 Å². The summed E-state index contributed by atoms with van der Waals surface area (Å²) in [4.78, 5) is 23.6. The summed E-state index contributed by atoms with van der Waals surface area (Å²) in [5, 5.41) is 5.60. The van der Waals surface area contributed by atoms with Crippen molar-refractivity contribution in [1.82, 2.24) is 15.3 Å². The SMILES string of the molecule is CC1COCCN1c1nc(-c2ccc(NC(=O)NC3COC3)cc2)cc(-c2cc(F)ccc2S(C)(=O)=O)n1. The summed E-state index contributed by atoms with van der Waals surface area (Å²) in [5.74, 6) is -0.183. The van der Waals surface area contributed by atoms with Crippen molar-refractivity contribution in [2.24, 2.45) is 0 Å². The highest BCUT2D eigenvalue weighted by atomic mass is 32.2. The van der Waals surface area contributed by atoms with Gasteiger partial charge in [-0.05, 0) is 43.3 Å². The fraction of sp³-hybridized carbons (Fsp3) is 0.346. The van der Waals surface area contributed by atoms with Gasteiger partial charge in [-0.1, -0.05) is 12.1 Å². The van der Waals surface area contributed by atoms with Crippen molar-refractivity contribution < 1.29 is 27.1 Å². The Morgan fingerprint density at radius 3 is 2.42 bits per heavy atom. The predicted molar refractivity (Wildman–Crippen MR) is 140 cm³/mol. The Bertz CT molecular complexity index is 1450. The van der Waals surface area contributed by atoms with Crippen LogP contribution in [0, 0.1) is 5.82 Å². The van der Waals surface area contributed by atoms with Gasteiger partial charge in [0.15, 0.2) is 9.84 Å². The number of anilines is 2. The van der Waals surface area contributed by atoms with Crippen molar-refractivity contribution >= 4 is 27.5 Å². The minimum atomic E-state index is -3.66. The molecule has 0 bridgehead atoms. The molecule has 12 heteroatoms. The highest BCUT2D eigenvalue weighted by Gasteiger charge is 2.25. The number of carbonyl (C=O) groups is 1. The first kappa shape index (κ1) is 26.0. The Balaban J connectivity index is 1.53. The van der Waals surface area contributed by atoms with Gasteiger partial charge in [-0.3, -0.25) is 0 Å². The maximum absolute atomic E-state index is 14.3. The lowest BCUT2D eigenvalue weighted by Gasteiger charge is -2.33. The van der Waals surface area contributed by atoms with E-state index in [2.05, 4.69) is 15.6 Å². The zero-order valence-electron chi connectivity index (χ0n) is 21.0. The smallest absolute Gasteiger partial charge is 0.319 e. The Kier molecular flexibility index (Phi) is 7.28. The molecule has 3 aromatic rings. The number of rotatable bonds is 6. The van der Waals surface area contributed by atoms with Gasteiger partial charge >= 0.3 is 6.03 Å². The second kappa shape index (κ2) is 10.6. The number of ether oxygens (including phenoxy) is 2. The van der Waals surface area contributed by atoms with Crippen LogP contribution in [0.2, 0.25) is 0 Å². The standard InChI is InChI=1S/C26H28FN5O5S/c1-16-13-36-10-9-32(16)25-30-22(12-23(31-25)21-11-18(27)5-8-24(21)38(2,34)35)17-3-6-19(7-4-17)28-26(33)29-20-14-37-15-20/h3-8,11-12,16,20H,9-10,13-15H2,1-2H3,(H2,28,29,33). The number of urea groups is 1. The summed E-state index contributed by atoms with van der Waals surface area (Å²) >= 11 is 0. The number of hydrogen-bond donors (Lipinski definition) is 2. The molecule has 2 saturated heterocycles. The summed E-state index contributed by atoms with van der Waals surface area (Å²) in [5.41, 5.74) is 2.27. The van der Waals surface area contributed by atoms with Crippen LogP contribution < -0.4 is 15.5 Å². The van der Waals surface area contributed by atoms with Gasteiger partial charge in [0, 0.05) is 29.6 Å². The topological polar surface area (TPSA) is 123 Å². The van der Waals surface area contributed by atoms with Gasteiger partial charge in [0.2, 0.25) is 5.95 Å². The lowest BCUT2D eigenvalue weighted by molar-refractivity contribution is 0.000735. The molecule has 0 spiro atoms. The van der Waals surface area contributed by atoms with Gasteiger partial charge in [-0.2, -0.15) is 0 Å². The summed E-state index contributed by atoms with van der Waals surface area (Å²) in [6.45, 7) is 4.53. The van der Waals surface area contributed by atoms with Crippen LogP contribution >= 0.6 is 0 Å². The predicted octanol–water partition coefficient (Wildman–Crippen LogP) is 3.10. The van der Waals surface area contributed by atoms with Crippen LogP contribution in [0.4, 0.5) is 20.8 Å². The number of amides is 2. The summed E-state index contributed by atoms with van der Waals surface area (Å²) in [6, 6.07) is 11.9. The number of nitrogens with zero attached hydrogens (tertiary/aromatic N) is 3. The molecule has 2 amide bonds. The van der Waals surface area contributed by atoms with E-state index < -0.39 is 15.7 Å². The average Bonchev–Trinajstić information content (AvgIpc) is 2.86. The Morgan fingerprint density at radius 2 is 1.76 bits per heavy atom. The minimum Gasteiger partial charge on any atom is -0.377 e. The number of nitrogens with one attached hydrogen (secondary N) is 2.